The first kappa shape index (κ1) is 17.5. The highest BCUT2D eigenvalue weighted by Crippen LogP contribution is 2.32. The summed E-state index contributed by atoms with van der Waals surface area (Å²) >= 11 is 3.52. The van der Waals surface area contributed by atoms with E-state index in [1.54, 1.807) is 12.5 Å². The van der Waals surface area contributed by atoms with Gasteiger partial charge in [-0.05, 0) is 56.3 Å². The molecule has 136 valence electrons. The first-order valence-corrected chi connectivity index (χ1v) is 9.42. The van der Waals surface area contributed by atoms with Gasteiger partial charge in [0.15, 0.2) is 17.3 Å². The number of fused-ring (bicyclic) bond motifs is 1. The number of rotatable bonds is 5. The lowest BCUT2D eigenvalue weighted by Gasteiger charge is -2.12. The van der Waals surface area contributed by atoms with Crippen molar-refractivity contribution in [2.45, 2.75) is 20.0 Å². The zero-order valence-electron chi connectivity index (χ0n) is 15.0. The average molecular weight is 424 g/mol. The van der Waals surface area contributed by atoms with Gasteiger partial charge < -0.3 is 9.15 Å². The number of benzene rings is 1. The Morgan fingerprint density at radius 3 is 2.85 bits per heavy atom. The van der Waals surface area contributed by atoms with Crippen molar-refractivity contribution in [2.75, 3.05) is 0 Å². The smallest absolute Gasteiger partial charge is 0.168 e. The highest BCUT2D eigenvalue weighted by atomic mass is 79.9. The third-order valence-electron chi connectivity index (χ3n) is 3.92. The molecule has 3 heterocycles. The summed E-state index contributed by atoms with van der Waals surface area (Å²) < 4.78 is 14.4. The number of ether oxygens (including phenoxy) is 1. The maximum absolute atomic E-state index is 5.91. The Bertz CT molecular complexity index is 1100. The van der Waals surface area contributed by atoms with Crippen molar-refractivity contribution in [2.24, 2.45) is 4.99 Å². The topological polar surface area (TPSA) is 52.0 Å². The number of halogens is 1. The fraction of sp³-hybridized carbons (Fsp3) is 0.143. The van der Waals surface area contributed by atoms with Gasteiger partial charge in [-0.25, -0.2) is 9.98 Å². The molecular weight excluding hydrogens is 406 g/mol. The van der Waals surface area contributed by atoms with E-state index in [9.17, 15) is 0 Å². The first-order valence-electron chi connectivity index (χ1n) is 8.63. The van der Waals surface area contributed by atoms with E-state index in [1.165, 1.54) is 0 Å². The van der Waals surface area contributed by atoms with Gasteiger partial charge >= 0.3 is 0 Å². The van der Waals surface area contributed by atoms with Gasteiger partial charge in [0.2, 0.25) is 0 Å². The molecule has 0 fully saturated rings. The molecule has 4 rings (SSSR count). The Balaban J connectivity index is 1.82. The summed E-state index contributed by atoms with van der Waals surface area (Å²) in [6, 6.07) is 15.4. The number of pyridine rings is 1. The van der Waals surface area contributed by atoms with Crippen LogP contribution in [-0.2, 0) is 0 Å². The zero-order chi connectivity index (χ0) is 18.8. The number of aromatic nitrogens is 2. The monoisotopic (exact) mass is 423 g/mol. The van der Waals surface area contributed by atoms with Crippen LogP contribution in [0, 0.1) is 0 Å². The molecule has 0 bridgehead atoms. The van der Waals surface area contributed by atoms with Crippen LogP contribution in [0.3, 0.4) is 0 Å². The summed E-state index contributed by atoms with van der Waals surface area (Å²) in [4.78, 5) is 9.41. The van der Waals surface area contributed by atoms with Crippen molar-refractivity contribution in [1.82, 2.24) is 9.38 Å². The molecule has 1 aromatic carbocycles. The Hall–Kier alpha value is -2.86. The van der Waals surface area contributed by atoms with Crippen LogP contribution in [0.2, 0.25) is 0 Å². The predicted octanol–water partition coefficient (Wildman–Crippen LogP) is 5.89. The molecule has 0 saturated carbocycles. The van der Waals surface area contributed by atoms with Crippen LogP contribution in [0.5, 0.6) is 5.75 Å². The van der Waals surface area contributed by atoms with Crippen molar-refractivity contribution in [3.05, 3.63) is 71.0 Å². The van der Waals surface area contributed by atoms with E-state index in [2.05, 4.69) is 20.9 Å². The van der Waals surface area contributed by atoms with Gasteiger partial charge in [0.05, 0.1) is 12.4 Å². The van der Waals surface area contributed by atoms with E-state index in [-0.39, 0.29) is 6.10 Å². The van der Waals surface area contributed by atoms with E-state index in [0.29, 0.717) is 17.3 Å². The number of hydrogen-bond acceptors (Lipinski definition) is 4. The van der Waals surface area contributed by atoms with Crippen molar-refractivity contribution in [3.63, 3.8) is 0 Å². The van der Waals surface area contributed by atoms with Crippen molar-refractivity contribution >= 4 is 33.6 Å². The van der Waals surface area contributed by atoms with Crippen molar-refractivity contribution in [1.29, 1.82) is 0 Å². The summed E-state index contributed by atoms with van der Waals surface area (Å²) in [5, 5.41) is 0. The van der Waals surface area contributed by atoms with E-state index in [1.807, 2.05) is 73.0 Å². The quantitative estimate of drug-likeness (QED) is 0.375. The lowest BCUT2D eigenvalue weighted by atomic mass is 10.2. The second-order valence-electron chi connectivity index (χ2n) is 6.30. The predicted molar refractivity (Wildman–Crippen MR) is 110 cm³/mol. The molecule has 0 saturated heterocycles. The summed E-state index contributed by atoms with van der Waals surface area (Å²) in [6.45, 7) is 4.00. The fourth-order valence-electron chi connectivity index (χ4n) is 2.80. The Morgan fingerprint density at radius 1 is 1.19 bits per heavy atom. The first-order chi connectivity index (χ1) is 13.1. The molecule has 5 nitrogen and oxygen atoms in total. The molecule has 6 heteroatoms. The van der Waals surface area contributed by atoms with Crippen molar-refractivity contribution < 1.29 is 9.15 Å². The summed E-state index contributed by atoms with van der Waals surface area (Å²) in [6.07, 6.45) is 5.45. The lowest BCUT2D eigenvalue weighted by Crippen LogP contribution is -2.07. The van der Waals surface area contributed by atoms with Gasteiger partial charge in [0, 0.05) is 22.4 Å². The van der Waals surface area contributed by atoms with E-state index in [4.69, 9.17) is 14.1 Å². The van der Waals surface area contributed by atoms with Crippen LogP contribution in [0.4, 0.5) is 5.82 Å². The minimum absolute atomic E-state index is 0.0767. The minimum atomic E-state index is 0.0767. The molecule has 3 aromatic heterocycles. The second-order valence-corrected chi connectivity index (χ2v) is 7.21. The van der Waals surface area contributed by atoms with Crippen molar-refractivity contribution in [3.8, 4) is 17.2 Å². The summed E-state index contributed by atoms with van der Waals surface area (Å²) in [5.41, 5.74) is 2.39. The van der Waals surface area contributed by atoms with Crippen LogP contribution in [-0.4, -0.2) is 21.7 Å². The second kappa shape index (κ2) is 7.40. The molecule has 0 radical (unpaired) electrons. The fourth-order valence-corrected chi connectivity index (χ4v) is 3.18. The Kier molecular flexibility index (Phi) is 4.81. The van der Waals surface area contributed by atoms with Crippen LogP contribution < -0.4 is 4.74 Å². The molecule has 0 amide bonds. The zero-order valence-corrected chi connectivity index (χ0v) is 16.6. The molecule has 4 aromatic rings. The van der Waals surface area contributed by atoms with Crippen LogP contribution in [0.25, 0.3) is 17.1 Å². The highest BCUT2D eigenvalue weighted by molar-refractivity contribution is 9.10. The van der Waals surface area contributed by atoms with E-state index >= 15 is 0 Å². The van der Waals surface area contributed by atoms with Gasteiger partial charge in [-0.1, -0.05) is 22.0 Å². The summed E-state index contributed by atoms with van der Waals surface area (Å²) in [7, 11) is 0. The number of nitrogens with zero attached hydrogens (tertiary/aromatic N) is 3. The van der Waals surface area contributed by atoms with E-state index < -0.39 is 0 Å². The number of aliphatic imine (C=N–C) groups is 1. The largest absolute Gasteiger partial charge is 0.490 e. The summed E-state index contributed by atoms with van der Waals surface area (Å²) in [5.74, 6) is 2.17. The number of hydrogen-bond donors (Lipinski definition) is 0. The molecule has 0 aliphatic rings. The highest BCUT2D eigenvalue weighted by Gasteiger charge is 2.15. The minimum Gasteiger partial charge on any atom is -0.490 e. The van der Waals surface area contributed by atoms with Gasteiger partial charge in [-0.3, -0.25) is 4.40 Å². The maximum Gasteiger partial charge on any atom is 0.168 e. The van der Waals surface area contributed by atoms with E-state index in [0.717, 1.165) is 21.4 Å². The van der Waals surface area contributed by atoms with Crippen LogP contribution in [0.1, 0.15) is 19.4 Å². The normalized spacial score (nSPS) is 11.7. The van der Waals surface area contributed by atoms with Gasteiger partial charge in [-0.15, -0.1) is 0 Å². The molecule has 0 unspecified atom stereocenters. The molecular formula is C21H18BrN3O2. The number of imidazole rings is 1. The average Bonchev–Trinajstić information content (AvgIpc) is 3.29. The third-order valence-corrected chi connectivity index (χ3v) is 4.41. The lowest BCUT2D eigenvalue weighted by molar-refractivity contribution is 0.242. The number of furan rings is 1. The van der Waals surface area contributed by atoms with Gasteiger partial charge in [0.1, 0.15) is 11.4 Å². The molecule has 27 heavy (non-hydrogen) atoms. The molecule has 0 aliphatic carbocycles. The van der Waals surface area contributed by atoms with Gasteiger partial charge in [0.25, 0.3) is 0 Å². The third kappa shape index (κ3) is 3.66. The molecule has 0 aliphatic heterocycles. The van der Waals surface area contributed by atoms with Crippen LogP contribution in [0.15, 0.2) is 74.9 Å². The van der Waals surface area contributed by atoms with Crippen LogP contribution >= 0.6 is 15.9 Å². The standard InChI is InChI=1S/C21H18BrN3O2/c1-14(2)27-17-9-8-16(22)12-15(17)13-23-21-20(18-6-5-11-26-18)24-19-7-3-4-10-25(19)21/h3-14H,1-2H3/b23-13+. The molecule has 0 spiro atoms. The Morgan fingerprint density at radius 2 is 2.07 bits per heavy atom. The molecule has 0 atom stereocenters. The Labute approximate surface area is 165 Å². The van der Waals surface area contributed by atoms with Gasteiger partial charge in [-0.2, -0.15) is 0 Å². The SMILES string of the molecule is CC(C)Oc1ccc(Br)cc1/C=N/c1c(-c2ccco2)nc2ccccn12. The maximum atomic E-state index is 5.91. The molecule has 0 N–H and O–H groups in total.